The first-order chi connectivity index (χ1) is 8.43. The fourth-order valence-corrected chi connectivity index (χ4v) is 3.79. The zero-order chi connectivity index (χ0) is 11.5. The molecule has 0 saturated carbocycles. The van der Waals surface area contributed by atoms with Crippen LogP contribution in [0, 0.1) is 0 Å². The maximum atomic E-state index is 5.46. The van der Waals surface area contributed by atoms with E-state index in [0.29, 0.717) is 11.2 Å². The lowest BCUT2D eigenvalue weighted by atomic mass is 9.98. The summed E-state index contributed by atoms with van der Waals surface area (Å²) in [6.07, 6.45) is 6.09. The van der Waals surface area contributed by atoms with Crippen LogP contribution in [0.2, 0.25) is 0 Å². The Morgan fingerprint density at radius 3 is 2.82 bits per heavy atom. The zero-order valence-electron chi connectivity index (χ0n) is 10.0. The summed E-state index contributed by atoms with van der Waals surface area (Å²) in [6.45, 7) is 2.14. The zero-order valence-corrected chi connectivity index (χ0v) is 10.8. The molecule has 0 aliphatic carbocycles. The number of nitrogens with one attached hydrogen (secondary N) is 1. The van der Waals surface area contributed by atoms with Crippen molar-refractivity contribution in [3.63, 3.8) is 0 Å². The third-order valence-corrected chi connectivity index (χ3v) is 4.99. The molecule has 3 heterocycles. The standard InChI is InChI=1S/C12H19N3OS/c1-2-8-17-10(3-1)11-14-12(16-15-11)9-4-6-13-7-5-9/h9-10,13H,1-8H2. The number of nitrogens with zero attached hydrogens (tertiary/aromatic N) is 2. The van der Waals surface area contributed by atoms with Crippen LogP contribution in [-0.4, -0.2) is 29.0 Å². The van der Waals surface area contributed by atoms with Crippen molar-refractivity contribution in [3.05, 3.63) is 11.7 Å². The number of rotatable bonds is 2. The molecule has 4 nitrogen and oxygen atoms in total. The maximum absolute atomic E-state index is 5.46. The molecular weight excluding hydrogens is 234 g/mol. The molecule has 0 radical (unpaired) electrons. The van der Waals surface area contributed by atoms with E-state index in [1.165, 1.54) is 25.0 Å². The van der Waals surface area contributed by atoms with Crippen LogP contribution in [-0.2, 0) is 0 Å². The lowest BCUT2D eigenvalue weighted by molar-refractivity contribution is 0.318. The van der Waals surface area contributed by atoms with E-state index >= 15 is 0 Å². The molecule has 2 fully saturated rings. The Balaban J connectivity index is 1.68. The highest BCUT2D eigenvalue weighted by atomic mass is 32.2. The van der Waals surface area contributed by atoms with Crippen LogP contribution < -0.4 is 5.32 Å². The SMILES string of the molecule is C1CCC(c2noc(C3CCNCC3)n2)SC1. The fourth-order valence-electron chi connectivity index (χ4n) is 2.56. The Labute approximate surface area is 106 Å². The largest absolute Gasteiger partial charge is 0.339 e. The number of piperidine rings is 1. The number of thioether (sulfide) groups is 1. The predicted molar refractivity (Wildman–Crippen MR) is 68.2 cm³/mol. The van der Waals surface area contributed by atoms with Gasteiger partial charge in [-0.25, -0.2) is 0 Å². The number of aromatic nitrogens is 2. The topological polar surface area (TPSA) is 51.0 Å². The molecule has 5 heteroatoms. The molecule has 1 atom stereocenters. The summed E-state index contributed by atoms with van der Waals surface area (Å²) in [7, 11) is 0. The quantitative estimate of drug-likeness (QED) is 0.877. The molecule has 3 rings (SSSR count). The molecule has 1 unspecified atom stereocenters. The number of hydrogen-bond acceptors (Lipinski definition) is 5. The van der Waals surface area contributed by atoms with Gasteiger partial charge in [-0.15, -0.1) is 0 Å². The molecule has 2 aliphatic rings. The second kappa shape index (κ2) is 5.40. The molecule has 0 spiro atoms. The van der Waals surface area contributed by atoms with Crippen LogP contribution in [0.5, 0.6) is 0 Å². The van der Waals surface area contributed by atoms with Crippen LogP contribution in [0.3, 0.4) is 0 Å². The van der Waals surface area contributed by atoms with Gasteiger partial charge < -0.3 is 9.84 Å². The van der Waals surface area contributed by atoms with Gasteiger partial charge in [0.2, 0.25) is 5.89 Å². The van der Waals surface area contributed by atoms with Gasteiger partial charge in [-0.2, -0.15) is 16.7 Å². The van der Waals surface area contributed by atoms with E-state index < -0.39 is 0 Å². The molecule has 0 aromatic carbocycles. The summed E-state index contributed by atoms with van der Waals surface area (Å²) in [5.41, 5.74) is 0. The number of hydrogen-bond donors (Lipinski definition) is 1. The smallest absolute Gasteiger partial charge is 0.229 e. The third-order valence-electron chi connectivity index (χ3n) is 3.61. The van der Waals surface area contributed by atoms with Crippen molar-refractivity contribution in [3.8, 4) is 0 Å². The highest BCUT2D eigenvalue weighted by Gasteiger charge is 2.25. The van der Waals surface area contributed by atoms with Gasteiger partial charge in [0, 0.05) is 5.92 Å². The molecular formula is C12H19N3OS. The average Bonchev–Trinajstić information content (AvgIpc) is 2.90. The summed E-state index contributed by atoms with van der Waals surface area (Å²) >= 11 is 1.98. The van der Waals surface area contributed by atoms with Gasteiger partial charge in [0.25, 0.3) is 0 Å². The summed E-state index contributed by atoms with van der Waals surface area (Å²) in [6, 6.07) is 0. The highest BCUT2D eigenvalue weighted by Crippen LogP contribution is 2.37. The Morgan fingerprint density at radius 1 is 1.18 bits per heavy atom. The van der Waals surface area contributed by atoms with Crippen molar-refractivity contribution in [1.82, 2.24) is 15.5 Å². The molecule has 1 aromatic rings. The van der Waals surface area contributed by atoms with Gasteiger partial charge in [-0.1, -0.05) is 11.6 Å². The molecule has 1 aromatic heterocycles. The Morgan fingerprint density at radius 2 is 2.06 bits per heavy atom. The van der Waals surface area contributed by atoms with E-state index in [1.54, 1.807) is 0 Å². The minimum absolute atomic E-state index is 0.475. The van der Waals surface area contributed by atoms with Gasteiger partial charge >= 0.3 is 0 Å². The molecule has 2 aliphatic heterocycles. The molecule has 2 saturated heterocycles. The van der Waals surface area contributed by atoms with Gasteiger partial charge in [0.05, 0.1) is 5.25 Å². The van der Waals surface area contributed by atoms with Crippen molar-refractivity contribution in [1.29, 1.82) is 0 Å². The minimum Gasteiger partial charge on any atom is -0.339 e. The van der Waals surface area contributed by atoms with Crippen molar-refractivity contribution < 1.29 is 4.52 Å². The van der Waals surface area contributed by atoms with E-state index in [9.17, 15) is 0 Å². The molecule has 0 amide bonds. The summed E-state index contributed by atoms with van der Waals surface area (Å²) in [5, 5.41) is 8.02. The first-order valence-corrected chi connectivity index (χ1v) is 7.64. The Bertz CT molecular complexity index is 324. The minimum atomic E-state index is 0.475. The average molecular weight is 253 g/mol. The van der Waals surface area contributed by atoms with Crippen LogP contribution >= 0.6 is 11.8 Å². The van der Waals surface area contributed by atoms with Gasteiger partial charge in [-0.05, 0) is 44.5 Å². The van der Waals surface area contributed by atoms with E-state index in [-0.39, 0.29) is 0 Å². The molecule has 17 heavy (non-hydrogen) atoms. The van der Waals surface area contributed by atoms with Gasteiger partial charge in [0.1, 0.15) is 0 Å². The Kier molecular flexibility index (Phi) is 3.66. The monoisotopic (exact) mass is 253 g/mol. The van der Waals surface area contributed by atoms with E-state index in [2.05, 4.69) is 15.5 Å². The molecule has 0 bridgehead atoms. The van der Waals surface area contributed by atoms with E-state index in [1.807, 2.05) is 11.8 Å². The highest BCUT2D eigenvalue weighted by molar-refractivity contribution is 7.99. The first-order valence-electron chi connectivity index (χ1n) is 6.59. The normalized spacial score (nSPS) is 27.2. The first kappa shape index (κ1) is 11.5. The van der Waals surface area contributed by atoms with Crippen LogP contribution in [0.1, 0.15) is 55.0 Å². The van der Waals surface area contributed by atoms with Crippen molar-refractivity contribution in [2.45, 2.75) is 43.3 Å². The Hall–Kier alpha value is -0.550. The predicted octanol–water partition coefficient (Wildman–Crippen LogP) is 2.49. The van der Waals surface area contributed by atoms with Crippen LogP contribution in [0.15, 0.2) is 4.52 Å². The summed E-state index contributed by atoms with van der Waals surface area (Å²) in [5.74, 6) is 3.52. The molecule has 1 N–H and O–H groups in total. The fraction of sp³-hybridized carbons (Fsp3) is 0.833. The van der Waals surface area contributed by atoms with Gasteiger partial charge in [0.15, 0.2) is 5.82 Å². The van der Waals surface area contributed by atoms with E-state index in [4.69, 9.17) is 4.52 Å². The van der Waals surface area contributed by atoms with Crippen molar-refractivity contribution in [2.24, 2.45) is 0 Å². The van der Waals surface area contributed by atoms with Crippen molar-refractivity contribution in [2.75, 3.05) is 18.8 Å². The van der Waals surface area contributed by atoms with Crippen LogP contribution in [0.25, 0.3) is 0 Å². The van der Waals surface area contributed by atoms with Crippen LogP contribution in [0.4, 0.5) is 0 Å². The maximum Gasteiger partial charge on any atom is 0.229 e. The summed E-state index contributed by atoms with van der Waals surface area (Å²) in [4.78, 5) is 4.63. The second-order valence-electron chi connectivity index (χ2n) is 4.87. The third kappa shape index (κ3) is 2.65. The molecule has 94 valence electrons. The lowest BCUT2D eigenvalue weighted by Crippen LogP contribution is -2.26. The van der Waals surface area contributed by atoms with E-state index in [0.717, 1.165) is 37.6 Å². The lowest BCUT2D eigenvalue weighted by Gasteiger charge is -2.19. The van der Waals surface area contributed by atoms with Crippen molar-refractivity contribution >= 4 is 11.8 Å². The summed E-state index contributed by atoms with van der Waals surface area (Å²) < 4.78 is 5.46. The second-order valence-corrected chi connectivity index (χ2v) is 6.18. The van der Waals surface area contributed by atoms with Gasteiger partial charge in [-0.3, -0.25) is 0 Å².